The van der Waals surface area contributed by atoms with Crippen molar-refractivity contribution in [1.29, 1.82) is 0 Å². The summed E-state index contributed by atoms with van der Waals surface area (Å²) >= 11 is 0. The van der Waals surface area contributed by atoms with Crippen LogP contribution in [0.15, 0.2) is 0 Å². The van der Waals surface area contributed by atoms with Gasteiger partial charge < -0.3 is 14.6 Å². The summed E-state index contributed by atoms with van der Waals surface area (Å²) in [6.45, 7) is 6.51. The van der Waals surface area contributed by atoms with Crippen LogP contribution in [0.5, 0.6) is 0 Å². The highest BCUT2D eigenvalue weighted by atomic mass is 16.6. The minimum absolute atomic E-state index is 0.0576. The van der Waals surface area contributed by atoms with Crippen molar-refractivity contribution >= 4 is 11.9 Å². The summed E-state index contributed by atoms with van der Waals surface area (Å²) in [7, 11) is 0. The van der Waals surface area contributed by atoms with Crippen molar-refractivity contribution in [2.75, 3.05) is 13.2 Å². The maximum absolute atomic E-state index is 12.2. The van der Waals surface area contributed by atoms with Crippen molar-refractivity contribution in [3.63, 3.8) is 0 Å². The van der Waals surface area contributed by atoms with Crippen molar-refractivity contribution in [2.24, 2.45) is 5.92 Å². The van der Waals surface area contributed by atoms with Crippen molar-refractivity contribution in [3.05, 3.63) is 0 Å². The van der Waals surface area contributed by atoms with Crippen LogP contribution in [-0.2, 0) is 19.1 Å². The predicted octanol–water partition coefficient (Wildman–Crippen LogP) is 13.0. The Kier molecular flexibility index (Phi) is 36.8. The number of hydrogen-bond donors (Lipinski definition) is 1. The second kappa shape index (κ2) is 37.7. The first kappa shape index (κ1) is 45.9. The van der Waals surface area contributed by atoms with Gasteiger partial charge in [0.05, 0.1) is 6.61 Å². The monoisotopic (exact) mass is 667 g/mol. The van der Waals surface area contributed by atoms with E-state index in [0.717, 1.165) is 38.0 Å². The number of hydrogen-bond acceptors (Lipinski definition) is 5. The van der Waals surface area contributed by atoms with Gasteiger partial charge in [0.25, 0.3) is 0 Å². The summed E-state index contributed by atoms with van der Waals surface area (Å²) in [5.74, 6) is 0.259. The molecular formula is C42H82O5. The molecule has 1 atom stereocenters. The highest BCUT2D eigenvalue weighted by Crippen LogP contribution is 2.16. The Morgan fingerprint density at radius 3 is 1.13 bits per heavy atom. The van der Waals surface area contributed by atoms with Gasteiger partial charge in [0.15, 0.2) is 6.10 Å². The van der Waals surface area contributed by atoms with Gasteiger partial charge in [-0.15, -0.1) is 0 Å². The van der Waals surface area contributed by atoms with Crippen LogP contribution in [0.3, 0.4) is 0 Å². The lowest BCUT2D eigenvalue weighted by Crippen LogP contribution is -2.28. The molecule has 0 fully saturated rings. The molecule has 0 radical (unpaired) electrons. The zero-order valence-electron chi connectivity index (χ0n) is 32.0. The molecule has 0 saturated carbocycles. The molecule has 280 valence electrons. The molecule has 0 rings (SSSR count). The van der Waals surface area contributed by atoms with E-state index >= 15 is 0 Å². The molecule has 0 saturated heterocycles. The van der Waals surface area contributed by atoms with Gasteiger partial charge in [0, 0.05) is 12.8 Å². The fraction of sp³-hybridized carbons (Fsp3) is 0.952. The van der Waals surface area contributed by atoms with Gasteiger partial charge in [-0.2, -0.15) is 0 Å². The highest BCUT2D eigenvalue weighted by Gasteiger charge is 2.16. The van der Waals surface area contributed by atoms with Gasteiger partial charge in [-0.25, -0.2) is 0 Å². The molecule has 0 unspecified atom stereocenters. The number of esters is 2. The second-order valence-electron chi connectivity index (χ2n) is 14.9. The quantitative estimate of drug-likeness (QED) is 0.0524. The van der Waals surface area contributed by atoms with E-state index in [1.54, 1.807) is 0 Å². The molecule has 0 aliphatic rings. The summed E-state index contributed by atoms with van der Waals surface area (Å²) < 4.78 is 10.6. The molecule has 1 N–H and O–H groups in total. The molecular weight excluding hydrogens is 584 g/mol. The minimum atomic E-state index is -0.762. The van der Waals surface area contributed by atoms with Crippen LogP contribution in [0.1, 0.15) is 233 Å². The van der Waals surface area contributed by atoms with E-state index in [-0.39, 0.29) is 25.2 Å². The van der Waals surface area contributed by atoms with Gasteiger partial charge >= 0.3 is 11.9 Å². The Morgan fingerprint density at radius 2 is 0.787 bits per heavy atom. The Hall–Kier alpha value is -1.10. The van der Waals surface area contributed by atoms with Gasteiger partial charge in [-0.1, -0.05) is 207 Å². The average molecular weight is 667 g/mol. The summed E-state index contributed by atoms with van der Waals surface area (Å²) in [5.41, 5.74) is 0. The van der Waals surface area contributed by atoms with Crippen molar-refractivity contribution in [1.82, 2.24) is 0 Å². The van der Waals surface area contributed by atoms with E-state index < -0.39 is 6.10 Å². The Morgan fingerprint density at radius 1 is 0.468 bits per heavy atom. The van der Waals surface area contributed by atoms with Gasteiger partial charge in [-0.3, -0.25) is 9.59 Å². The standard InChI is InChI=1S/C42H82O5/c1-4-5-6-7-8-9-10-11-12-13-14-15-16-17-20-23-26-29-32-35-41(44)46-38-40(37-43)47-42(45)36-33-30-27-24-21-18-19-22-25-28-31-34-39(2)3/h39-40,43H,4-38H2,1-3H3/t40-/m0/s1. The van der Waals surface area contributed by atoms with Gasteiger partial charge in [0.2, 0.25) is 0 Å². The maximum atomic E-state index is 12.2. The zero-order valence-corrected chi connectivity index (χ0v) is 32.0. The minimum Gasteiger partial charge on any atom is -0.462 e. The molecule has 5 heteroatoms. The van der Waals surface area contributed by atoms with Crippen LogP contribution in [0.2, 0.25) is 0 Å². The van der Waals surface area contributed by atoms with E-state index in [1.165, 1.54) is 167 Å². The number of carbonyl (C=O) groups excluding carboxylic acids is 2. The number of aliphatic hydroxyl groups is 1. The number of carbonyl (C=O) groups is 2. The molecule has 0 aromatic rings. The van der Waals surface area contributed by atoms with Crippen LogP contribution >= 0.6 is 0 Å². The molecule has 5 nitrogen and oxygen atoms in total. The molecule has 0 heterocycles. The molecule has 0 aromatic carbocycles. The number of aliphatic hydroxyl groups excluding tert-OH is 1. The van der Waals surface area contributed by atoms with E-state index in [9.17, 15) is 14.7 Å². The van der Waals surface area contributed by atoms with E-state index in [1.807, 2.05) is 0 Å². The van der Waals surface area contributed by atoms with E-state index in [4.69, 9.17) is 9.47 Å². The third kappa shape index (κ3) is 37.6. The van der Waals surface area contributed by atoms with Crippen LogP contribution < -0.4 is 0 Å². The van der Waals surface area contributed by atoms with Crippen LogP contribution in [-0.4, -0.2) is 36.4 Å². The first-order chi connectivity index (χ1) is 23.0. The Bertz CT molecular complexity index is 649. The topological polar surface area (TPSA) is 72.8 Å². The Balaban J connectivity index is 3.47. The average Bonchev–Trinajstić information content (AvgIpc) is 3.06. The third-order valence-corrected chi connectivity index (χ3v) is 9.58. The van der Waals surface area contributed by atoms with Crippen molar-refractivity contribution < 1.29 is 24.2 Å². The van der Waals surface area contributed by atoms with Crippen molar-refractivity contribution in [2.45, 2.75) is 239 Å². The molecule has 0 spiro atoms. The van der Waals surface area contributed by atoms with Crippen molar-refractivity contribution in [3.8, 4) is 0 Å². The lowest BCUT2D eigenvalue weighted by atomic mass is 10.0. The smallest absolute Gasteiger partial charge is 0.306 e. The third-order valence-electron chi connectivity index (χ3n) is 9.58. The molecule has 0 amide bonds. The SMILES string of the molecule is CCCCCCCCCCCCCCCCCCCCCC(=O)OC[C@H](CO)OC(=O)CCCCCCCCCCCCCC(C)C. The first-order valence-corrected chi connectivity index (χ1v) is 21.0. The van der Waals surface area contributed by atoms with Crippen LogP contribution in [0.4, 0.5) is 0 Å². The second-order valence-corrected chi connectivity index (χ2v) is 14.9. The fourth-order valence-corrected chi connectivity index (χ4v) is 6.39. The molecule has 0 aromatic heterocycles. The predicted molar refractivity (Wildman–Crippen MR) is 201 cm³/mol. The van der Waals surface area contributed by atoms with Crippen LogP contribution in [0.25, 0.3) is 0 Å². The first-order valence-electron chi connectivity index (χ1n) is 21.0. The summed E-state index contributed by atoms with van der Waals surface area (Å²) in [5, 5.41) is 9.56. The van der Waals surface area contributed by atoms with Gasteiger partial charge in [0.1, 0.15) is 6.61 Å². The zero-order chi connectivity index (χ0) is 34.5. The Labute approximate surface area is 293 Å². The van der Waals surface area contributed by atoms with Crippen LogP contribution in [0, 0.1) is 5.92 Å². The molecule has 47 heavy (non-hydrogen) atoms. The summed E-state index contributed by atoms with van der Waals surface area (Å²) in [6.07, 6.45) is 40.3. The fourth-order valence-electron chi connectivity index (χ4n) is 6.39. The number of unbranched alkanes of at least 4 members (excludes halogenated alkanes) is 28. The largest absolute Gasteiger partial charge is 0.462 e. The normalized spacial score (nSPS) is 12.1. The van der Waals surface area contributed by atoms with E-state index in [2.05, 4.69) is 20.8 Å². The maximum Gasteiger partial charge on any atom is 0.306 e. The number of rotatable bonds is 38. The van der Waals surface area contributed by atoms with Gasteiger partial charge in [-0.05, 0) is 18.8 Å². The lowest BCUT2D eigenvalue weighted by Gasteiger charge is -2.15. The molecule has 0 aliphatic carbocycles. The highest BCUT2D eigenvalue weighted by molar-refractivity contribution is 5.70. The molecule has 0 aliphatic heterocycles. The number of ether oxygens (including phenoxy) is 2. The summed E-state index contributed by atoms with van der Waals surface area (Å²) in [6, 6.07) is 0. The summed E-state index contributed by atoms with van der Waals surface area (Å²) in [4.78, 5) is 24.3. The lowest BCUT2D eigenvalue weighted by molar-refractivity contribution is -0.161. The van der Waals surface area contributed by atoms with E-state index in [0.29, 0.717) is 12.8 Å². The molecule has 0 bridgehead atoms.